The summed E-state index contributed by atoms with van der Waals surface area (Å²) < 4.78 is 19.1. The number of ether oxygens (including phenoxy) is 2. The number of hydrogen-bond donors (Lipinski definition) is 0. The first-order valence-corrected chi connectivity index (χ1v) is 14.5. The molecule has 3 atom stereocenters. The molecule has 0 aromatic carbocycles. The topological polar surface area (TPSA) is 27.7 Å². The van der Waals surface area contributed by atoms with Gasteiger partial charge < -0.3 is 13.6 Å². The van der Waals surface area contributed by atoms with Gasteiger partial charge in [-0.15, -0.1) is 0 Å². The number of hydrogen-bond acceptors (Lipinski definition) is 3. The van der Waals surface area contributed by atoms with E-state index < -0.39 is 18.1 Å². The Hall–Kier alpha value is 0.314. The van der Waals surface area contributed by atoms with Crippen molar-refractivity contribution >= 4 is 18.1 Å². The zero-order valence-corrected chi connectivity index (χ0v) is 19.7. The van der Waals surface area contributed by atoms with Crippen LogP contribution in [0.25, 0.3) is 0 Å². The summed E-state index contributed by atoms with van der Waals surface area (Å²) in [4.78, 5) is 0. The lowest BCUT2D eigenvalue weighted by atomic mass is 9.98. The quantitative estimate of drug-likeness (QED) is 0.466. The minimum atomic E-state index is -1.30. The fraction of sp³-hybridized carbons (Fsp3) is 1.00. The maximum Gasteiger partial charge on any atom is 0.189 e. The Balaban J connectivity index is 4.74. The molecule has 0 aromatic heterocycles. The molecule has 140 valence electrons. The predicted molar refractivity (Wildman–Crippen MR) is 106 cm³/mol. The van der Waals surface area contributed by atoms with Crippen molar-refractivity contribution in [2.24, 2.45) is 0 Å². The highest BCUT2D eigenvalue weighted by Gasteiger charge is 2.36. The molecule has 0 amide bonds. The molecular weight excluding hydrogens is 320 g/mol. The summed E-state index contributed by atoms with van der Waals surface area (Å²) in [5, 5.41) is 0. The molecule has 0 saturated heterocycles. The summed E-state index contributed by atoms with van der Waals surface area (Å²) in [6.07, 6.45) is 4.58. The molecule has 0 aliphatic carbocycles. The first kappa shape index (κ1) is 23.3. The molecule has 0 N–H and O–H groups in total. The van der Waals surface area contributed by atoms with Crippen LogP contribution in [0.4, 0.5) is 0 Å². The summed E-state index contributed by atoms with van der Waals surface area (Å²) in [6, 6.07) is 0. The average molecular weight is 363 g/mol. The summed E-state index contributed by atoms with van der Waals surface area (Å²) in [6.45, 7) is 22.0. The van der Waals surface area contributed by atoms with Crippen molar-refractivity contribution in [3.05, 3.63) is 0 Å². The lowest BCUT2D eigenvalue weighted by molar-refractivity contribution is -0.176. The van der Waals surface area contributed by atoms with Crippen LogP contribution in [0.15, 0.2) is 0 Å². The Kier molecular flexibility index (Phi) is 10.5. The van der Waals surface area contributed by atoms with Gasteiger partial charge in [-0.3, -0.25) is 0 Å². The molecule has 3 nitrogen and oxygen atoms in total. The molecule has 0 heterocycles. The Bertz CT molecular complexity index is 319. The third-order valence-corrected chi connectivity index (χ3v) is 10.0. The highest BCUT2D eigenvalue weighted by molar-refractivity contribution is 6.64. The van der Waals surface area contributed by atoms with Gasteiger partial charge in [0, 0.05) is 0 Å². The smallest absolute Gasteiger partial charge is 0.189 e. The van der Waals surface area contributed by atoms with Gasteiger partial charge in [0.1, 0.15) is 0 Å². The normalized spacial score (nSPS) is 17.3. The van der Waals surface area contributed by atoms with Gasteiger partial charge in [0.25, 0.3) is 0 Å². The van der Waals surface area contributed by atoms with Crippen LogP contribution < -0.4 is 0 Å². The Morgan fingerprint density at radius 1 is 0.957 bits per heavy atom. The zero-order valence-electron chi connectivity index (χ0n) is 17.4. The van der Waals surface area contributed by atoms with Crippen LogP contribution in [0.2, 0.25) is 19.6 Å². The highest BCUT2D eigenvalue weighted by Crippen LogP contribution is 2.28. The van der Waals surface area contributed by atoms with E-state index in [4.69, 9.17) is 13.6 Å². The van der Waals surface area contributed by atoms with Gasteiger partial charge in [-0.25, -0.2) is 0 Å². The first-order valence-electron chi connectivity index (χ1n) is 9.46. The van der Waals surface area contributed by atoms with Crippen molar-refractivity contribution in [3.63, 3.8) is 0 Å². The van der Waals surface area contributed by atoms with Gasteiger partial charge in [-0.2, -0.15) is 0 Å². The van der Waals surface area contributed by atoms with Crippen LogP contribution in [-0.2, 0) is 13.6 Å². The van der Waals surface area contributed by atoms with Gasteiger partial charge >= 0.3 is 0 Å². The Labute approximate surface area is 148 Å². The first-order chi connectivity index (χ1) is 10.4. The molecule has 0 saturated carbocycles. The molecule has 0 rings (SSSR count). The van der Waals surface area contributed by atoms with Crippen molar-refractivity contribution in [2.75, 3.05) is 0 Å². The molecule has 5 heteroatoms. The molecule has 2 unspecified atom stereocenters. The minimum Gasteiger partial charge on any atom is -0.459 e. The van der Waals surface area contributed by atoms with Crippen LogP contribution in [-0.4, -0.2) is 41.1 Å². The van der Waals surface area contributed by atoms with E-state index in [1.807, 2.05) is 0 Å². The van der Waals surface area contributed by atoms with Crippen molar-refractivity contribution in [1.29, 1.82) is 0 Å². The van der Waals surface area contributed by atoms with E-state index >= 15 is 0 Å². The maximum absolute atomic E-state index is 6.50. The largest absolute Gasteiger partial charge is 0.459 e. The summed E-state index contributed by atoms with van der Waals surface area (Å²) in [7, 11) is -2.29. The standard InChI is InChI=1S/C18H42O3Si2/c1-11-13-14-17(4,5)19-15(3)18(6,7)20-16(12-2)23(10)21-22(8)9/h15-16,22-23H,11-14H2,1-10H3/t15-,16?,23?/m1/s1. The fourth-order valence-corrected chi connectivity index (χ4v) is 8.14. The molecular formula is C18H42O3Si2. The molecule has 0 spiro atoms. The number of unbranched alkanes of at least 4 members (excludes halogenated alkanes) is 1. The second-order valence-electron chi connectivity index (χ2n) is 8.18. The van der Waals surface area contributed by atoms with Gasteiger partial charge in [0.15, 0.2) is 18.1 Å². The molecule has 0 bridgehead atoms. The average Bonchev–Trinajstić information content (AvgIpc) is 2.41. The van der Waals surface area contributed by atoms with Gasteiger partial charge in [0.05, 0.1) is 23.0 Å². The van der Waals surface area contributed by atoms with Crippen LogP contribution in [0.3, 0.4) is 0 Å². The second-order valence-corrected chi connectivity index (χ2v) is 13.5. The van der Waals surface area contributed by atoms with Crippen molar-refractivity contribution in [3.8, 4) is 0 Å². The SMILES string of the molecule is CCCCC(C)(C)O[C@H](C)C(C)(C)OC(CC)[SiH](C)O[SiH](C)C. The predicted octanol–water partition coefficient (Wildman–Crippen LogP) is 4.83. The van der Waals surface area contributed by atoms with E-state index in [2.05, 4.69) is 68.1 Å². The Morgan fingerprint density at radius 2 is 1.52 bits per heavy atom. The molecule has 0 radical (unpaired) electrons. The monoisotopic (exact) mass is 362 g/mol. The van der Waals surface area contributed by atoms with E-state index in [9.17, 15) is 0 Å². The van der Waals surface area contributed by atoms with Crippen LogP contribution in [0.1, 0.15) is 74.1 Å². The van der Waals surface area contributed by atoms with Gasteiger partial charge in [-0.1, -0.05) is 26.7 Å². The van der Waals surface area contributed by atoms with E-state index in [1.165, 1.54) is 12.8 Å². The van der Waals surface area contributed by atoms with E-state index in [-0.39, 0.29) is 23.0 Å². The molecule has 0 aromatic rings. The molecule has 23 heavy (non-hydrogen) atoms. The lowest BCUT2D eigenvalue weighted by Gasteiger charge is -2.41. The van der Waals surface area contributed by atoms with Crippen LogP contribution in [0.5, 0.6) is 0 Å². The van der Waals surface area contributed by atoms with Gasteiger partial charge in [0.2, 0.25) is 0 Å². The molecule has 0 aliphatic rings. The third kappa shape index (κ3) is 9.39. The van der Waals surface area contributed by atoms with Crippen LogP contribution in [0, 0.1) is 0 Å². The lowest BCUT2D eigenvalue weighted by Crippen LogP contribution is -2.49. The Morgan fingerprint density at radius 3 is 1.96 bits per heavy atom. The van der Waals surface area contributed by atoms with E-state index in [0.29, 0.717) is 0 Å². The van der Waals surface area contributed by atoms with Crippen molar-refractivity contribution in [1.82, 2.24) is 0 Å². The van der Waals surface area contributed by atoms with Crippen molar-refractivity contribution in [2.45, 2.75) is 117 Å². The zero-order chi connectivity index (χ0) is 18.3. The number of rotatable bonds is 12. The van der Waals surface area contributed by atoms with E-state index in [1.54, 1.807) is 0 Å². The summed E-state index contributed by atoms with van der Waals surface area (Å²) >= 11 is 0. The van der Waals surface area contributed by atoms with Crippen LogP contribution >= 0.6 is 0 Å². The maximum atomic E-state index is 6.50. The minimum absolute atomic E-state index is 0.0564. The molecule has 0 aliphatic heterocycles. The van der Waals surface area contributed by atoms with Crippen molar-refractivity contribution < 1.29 is 13.6 Å². The second kappa shape index (κ2) is 10.3. The van der Waals surface area contributed by atoms with E-state index in [0.717, 1.165) is 12.8 Å². The fourth-order valence-electron chi connectivity index (χ4n) is 2.80. The van der Waals surface area contributed by atoms with Gasteiger partial charge in [-0.05, 0) is 67.1 Å². The summed E-state index contributed by atoms with van der Waals surface area (Å²) in [5.74, 6) is 0. The third-order valence-electron chi connectivity index (χ3n) is 4.48. The highest BCUT2D eigenvalue weighted by atomic mass is 28.4. The summed E-state index contributed by atoms with van der Waals surface area (Å²) in [5.41, 5.74) is -0.139. The molecule has 0 fully saturated rings.